The van der Waals surface area contributed by atoms with Gasteiger partial charge in [0, 0.05) is 16.2 Å². The average Bonchev–Trinajstić information content (AvgIpc) is 2.60. The highest BCUT2D eigenvalue weighted by atomic mass is 32.2. The van der Waals surface area contributed by atoms with Crippen LogP contribution < -0.4 is 5.73 Å². The van der Waals surface area contributed by atoms with Gasteiger partial charge in [-0.15, -0.1) is 11.3 Å². The number of rotatable bonds is 5. The second-order valence-electron chi connectivity index (χ2n) is 4.64. The molecule has 0 aliphatic carbocycles. The standard InChI is InChI=1S/C11H20N2O2S2/c1-5-8-10(11(3,4)12)16-9(13-8)7-17(14,15)6-2/h5-7,12H2,1-4H3. The van der Waals surface area contributed by atoms with Crippen molar-refractivity contribution in [3.63, 3.8) is 0 Å². The molecule has 1 aromatic rings. The van der Waals surface area contributed by atoms with Crippen molar-refractivity contribution in [3.05, 3.63) is 15.6 Å². The first-order valence-corrected chi connectivity index (χ1v) is 8.31. The molecule has 1 heterocycles. The monoisotopic (exact) mass is 276 g/mol. The van der Waals surface area contributed by atoms with Gasteiger partial charge >= 0.3 is 0 Å². The number of nitrogens with two attached hydrogens (primary N) is 1. The molecule has 2 N–H and O–H groups in total. The number of aryl methyl sites for hydroxylation is 1. The molecular weight excluding hydrogens is 256 g/mol. The Hall–Kier alpha value is -0.460. The van der Waals surface area contributed by atoms with Gasteiger partial charge in [0.1, 0.15) is 10.8 Å². The van der Waals surface area contributed by atoms with Crippen LogP contribution in [0.3, 0.4) is 0 Å². The summed E-state index contributed by atoms with van der Waals surface area (Å²) in [5, 5.41) is 0.650. The lowest BCUT2D eigenvalue weighted by Crippen LogP contribution is -2.28. The van der Waals surface area contributed by atoms with Crippen LogP contribution in [0.4, 0.5) is 0 Å². The Labute approximate surface area is 107 Å². The maximum absolute atomic E-state index is 11.6. The summed E-state index contributed by atoms with van der Waals surface area (Å²) in [5.41, 5.74) is 6.52. The molecule has 0 bridgehead atoms. The van der Waals surface area contributed by atoms with Gasteiger partial charge in [-0.25, -0.2) is 13.4 Å². The molecule has 17 heavy (non-hydrogen) atoms. The van der Waals surface area contributed by atoms with E-state index in [2.05, 4.69) is 4.98 Å². The Kier molecular flexibility index (Phi) is 4.33. The fourth-order valence-corrected chi connectivity index (χ4v) is 3.88. The lowest BCUT2D eigenvalue weighted by molar-refractivity contribution is 0.559. The minimum absolute atomic E-state index is 0.0250. The van der Waals surface area contributed by atoms with Crippen LogP contribution in [0.15, 0.2) is 0 Å². The van der Waals surface area contributed by atoms with E-state index in [-0.39, 0.29) is 11.5 Å². The Morgan fingerprint density at radius 1 is 1.35 bits per heavy atom. The first-order valence-electron chi connectivity index (χ1n) is 5.68. The summed E-state index contributed by atoms with van der Waals surface area (Å²) < 4.78 is 23.1. The van der Waals surface area contributed by atoms with E-state index in [1.54, 1.807) is 6.92 Å². The average molecular weight is 276 g/mol. The predicted octanol–water partition coefficient (Wildman–Crippen LogP) is 1.83. The molecule has 6 heteroatoms. The van der Waals surface area contributed by atoms with Gasteiger partial charge in [0.15, 0.2) is 9.84 Å². The largest absolute Gasteiger partial charge is 0.321 e. The Balaban J connectivity index is 3.10. The number of aromatic nitrogens is 1. The van der Waals surface area contributed by atoms with Crippen LogP contribution in [0.2, 0.25) is 0 Å². The number of nitrogens with zero attached hydrogens (tertiary/aromatic N) is 1. The number of sulfone groups is 1. The Morgan fingerprint density at radius 2 is 1.94 bits per heavy atom. The topological polar surface area (TPSA) is 73.0 Å². The molecule has 0 saturated heterocycles. The van der Waals surface area contributed by atoms with E-state index in [1.807, 2.05) is 20.8 Å². The van der Waals surface area contributed by atoms with E-state index in [0.29, 0.717) is 5.01 Å². The molecule has 1 rings (SSSR count). The highest BCUT2D eigenvalue weighted by Gasteiger charge is 2.24. The molecule has 0 atom stereocenters. The molecule has 1 aromatic heterocycles. The van der Waals surface area contributed by atoms with Crippen molar-refractivity contribution in [3.8, 4) is 0 Å². The first-order chi connectivity index (χ1) is 7.69. The third kappa shape index (κ3) is 3.76. The molecule has 0 aliphatic rings. The number of hydrogen-bond acceptors (Lipinski definition) is 5. The fourth-order valence-electron chi connectivity index (χ4n) is 1.50. The first kappa shape index (κ1) is 14.6. The van der Waals surface area contributed by atoms with Crippen LogP contribution in [0, 0.1) is 0 Å². The molecule has 0 unspecified atom stereocenters. The minimum atomic E-state index is -3.02. The number of thiazole rings is 1. The van der Waals surface area contributed by atoms with Crippen LogP contribution in [0.25, 0.3) is 0 Å². The summed E-state index contributed by atoms with van der Waals surface area (Å²) in [5.74, 6) is 0.173. The zero-order valence-corrected chi connectivity index (χ0v) is 12.4. The van der Waals surface area contributed by atoms with Crippen molar-refractivity contribution >= 4 is 21.2 Å². The summed E-state index contributed by atoms with van der Waals surface area (Å²) in [4.78, 5) is 5.37. The molecule has 98 valence electrons. The lowest BCUT2D eigenvalue weighted by atomic mass is 10.0. The summed E-state index contributed by atoms with van der Waals surface area (Å²) in [7, 11) is -3.02. The SMILES string of the molecule is CCc1nc(CS(=O)(=O)CC)sc1C(C)(C)N. The van der Waals surface area contributed by atoms with Crippen molar-refractivity contribution in [2.75, 3.05) is 5.75 Å². The Bertz CT molecular complexity index is 484. The predicted molar refractivity (Wildman–Crippen MR) is 71.9 cm³/mol. The van der Waals surface area contributed by atoms with Gasteiger partial charge in [0.05, 0.1) is 5.69 Å². The van der Waals surface area contributed by atoms with Crippen LogP contribution >= 0.6 is 11.3 Å². The second-order valence-corrected chi connectivity index (χ2v) is 8.07. The smallest absolute Gasteiger partial charge is 0.156 e. The van der Waals surface area contributed by atoms with Crippen LogP contribution in [-0.4, -0.2) is 19.2 Å². The van der Waals surface area contributed by atoms with Crippen LogP contribution in [-0.2, 0) is 27.5 Å². The third-order valence-corrected chi connectivity index (χ3v) is 5.66. The van der Waals surface area contributed by atoms with E-state index in [9.17, 15) is 8.42 Å². The van der Waals surface area contributed by atoms with Crippen LogP contribution in [0.1, 0.15) is 43.3 Å². The number of hydrogen-bond donors (Lipinski definition) is 1. The van der Waals surface area contributed by atoms with Crippen molar-refractivity contribution in [2.24, 2.45) is 5.73 Å². The second kappa shape index (κ2) is 5.04. The normalized spacial score (nSPS) is 13.0. The van der Waals surface area contributed by atoms with Gasteiger partial charge in [-0.3, -0.25) is 0 Å². The van der Waals surface area contributed by atoms with Gasteiger partial charge in [-0.05, 0) is 20.3 Å². The summed E-state index contributed by atoms with van der Waals surface area (Å²) in [6, 6.07) is 0. The maximum Gasteiger partial charge on any atom is 0.156 e. The highest BCUT2D eigenvalue weighted by Crippen LogP contribution is 2.29. The fraction of sp³-hybridized carbons (Fsp3) is 0.727. The molecular formula is C11H20N2O2S2. The Morgan fingerprint density at radius 3 is 2.29 bits per heavy atom. The van der Waals surface area contributed by atoms with Gasteiger partial charge < -0.3 is 5.73 Å². The van der Waals surface area contributed by atoms with Gasteiger partial charge in [0.25, 0.3) is 0 Å². The van der Waals surface area contributed by atoms with E-state index >= 15 is 0 Å². The van der Waals surface area contributed by atoms with Crippen molar-refractivity contribution in [1.82, 2.24) is 4.98 Å². The minimum Gasteiger partial charge on any atom is -0.321 e. The van der Waals surface area contributed by atoms with Gasteiger partial charge in [-0.1, -0.05) is 13.8 Å². The molecule has 0 saturated carbocycles. The van der Waals surface area contributed by atoms with Crippen molar-refractivity contribution < 1.29 is 8.42 Å². The molecule has 0 spiro atoms. The zero-order chi connectivity index (χ0) is 13.3. The van der Waals surface area contributed by atoms with E-state index in [0.717, 1.165) is 17.0 Å². The molecule has 0 aliphatic heterocycles. The summed E-state index contributed by atoms with van der Waals surface area (Å²) in [6.07, 6.45) is 0.776. The van der Waals surface area contributed by atoms with Gasteiger partial charge in [0.2, 0.25) is 0 Å². The third-order valence-electron chi connectivity index (χ3n) is 2.44. The zero-order valence-electron chi connectivity index (χ0n) is 10.8. The van der Waals surface area contributed by atoms with Gasteiger partial charge in [-0.2, -0.15) is 0 Å². The van der Waals surface area contributed by atoms with Crippen LogP contribution in [0.5, 0.6) is 0 Å². The molecule has 0 amide bonds. The maximum atomic E-state index is 11.6. The van der Waals surface area contributed by atoms with E-state index in [4.69, 9.17) is 5.73 Å². The van der Waals surface area contributed by atoms with Crippen molar-refractivity contribution in [2.45, 2.75) is 45.4 Å². The van der Waals surface area contributed by atoms with E-state index < -0.39 is 15.4 Å². The molecule has 0 aromatic carbocycles. The lowest BCUT2D eigenvalue weighted by Gasteiger charge is -2.17. The van der Waals surface area contributed by atoms with E-state index in [1.165, 1.54) is 11.3 Å². The quantitative estimate of drug-likeness (QED) is 0.890. The molecule has 0 fully saturated rings. The van der Waals surface area contributed by atoms with Crippen molar-refractivity contribution in [1.29, 1.82) is 0 Å². The highest BCUT2D eigenvalue weighted by molar-refractivity contribution is 7.90. The summed E-state index contributed by atoms with van der Waals surface area (Å²) in [6.45, 7) is 7.48. The molecule has 0 radical (unpaired) electrons. The molecule has 4 nitrogen and oxygen atoms in total. The summed E-state index contributed by atoms with van der Waals surface area (Å²) >= 11 is 1.42.